The van der Waals surface area contributed by atoms with Gasteiger partial charge in [-0.1, -0.05) is 18.2 Å². The molecule has 1 aliphatic rings. The Morgan fingerprint density at radius 3 is 2.46 bits per heavy atom. The summed E-state index contributed by atoms with van der Waals surface area (Å²) in [5, 5.41) is 2.74. The highest BCUT2D eigenvalue weighted by Crippen LogP contribution is 2.59. The van der Waals surface area contributed by atoms with Crippen LogP contribution in [0.5, 0.6) is 5.75 Å². The van der Waals surface area contributed by atoms with Gasteiger partial charge in [0.25, 0.3) is 5.91 Å². The smallest absolute Gasteiger partial charge is 0.269 e. The van der Waals surface area contributed by atoms with Gasteiger partial charge in [0, 0.05) is 12.1 Å². The minimum Gasteiger partial charge on any atom is -0.478 e. The summed E-state index contributed by atoms with van der Waals surface area (Å²) in [7, 11) is 0. The first-order valence-electron chi connectivity index (χ1n) is 7.67. The van der Waals surface area contributed by atoms with Crippen LogP contribution in [-0.4, -0.2) is 20.8 Å². The molecule has 0 unspecified atom stereocenters. The van der Waals surface area contributed by atoms with Crippen LogP contribution in [0.15, 0.2) is 48.7 Å². The third kappa shape index (κ3) is 3.82. The van der Waals surface area contributed by atoms with Crippen molar-refractivity contribution in [3.8, 4) is 5.75 Å². The third-order valence-corrected chi connectivity index (χ3v) is 4.77. The van der Waals surface area contributed by atoms with Gasteiger partial charge >= 0.3 is 0 Å². The van der Waals surface area contributed by atoms with Crippen molar-refractivity contribution < 1.29 is 9.53 Å². The van der Waals surface area contributed by atoms with Gasteiger partial charge in [0.2, 0.25) is 0 Å². The van der Waals surface area contributed by atoms with Crippen LogP contribution >= 0.6 is 23.2 Å². The lowest BCUT2D eigenvalue weighted by atomic mass is 10.1. The van der Waals surface area contributed by atoms with Crippen LogP contribution < -0.4 is 10.1 Å². The molecule has 1 atom stereocenters. The first-order valence-corrected chi connectivity index (χ1v) is 8.43. The van der Waals surface area contributed by atoms with E-state index in [1.165, 1.54) is 0 Å². The van der Waals surface area contributed by atoms with E-state index >= 15 is 0 Å². The fourth-order valence-corrected chi connectivity index (χ4v) is 2.95. The maximum Gasteiger partial charge on any atom is 0.269 e. The first kappa shape index (κ1) is 17.1. The molecule has 24 heavy (non-hydrogen) atoms. The summed E-state index contributed by atoms with van der Waals surface area (Å²) in [5.41, 5.74) is 0.0320. The predicted molar refractivity (Wildman–Crippen MR) is 95.8 cm³/mol. The molecule has 0 radical (unpaired) electrons. The molecule has 4 nitrogen and oxygen atoms in total. The summed E-state index contributed by atoms with van der Waals surface area (Å²) in [4.78, 5) is 16.5. The van der Waals surface area contributed by atoms with Gasteiger partial charge in [-0.2, -0.15) is 0 Å². The molecule has 1 aliphatic carbocycles. The summed E-state index contributed by atoms with van der Waals surface area (Å²) in [6, 6.07) is 12.8. The molecule has 1 aromatic carbocycles. The molecule has 1 amide bonds. The Morgan fingerprint density at radius 2 is 1.92 bits per heavy atom. The number of hydrogen-bond donors (Lipinski definition) is 1. The summed E-state index contributed by atoms with van der Waals surface area (Å²) in [6.45, 7) is 3.42. The van der Waals surface area contributed by atoms with Crippen LogP contribution in [0.4, 0.5) is 5.82 Å². The second kappa shape index (κ2) is 6.26. The van der Waals surface area contributed by atoms with Crippen molar-refractivity contribution in [1.82, 2.24) is 4.98 Å². The lowest BCUT2D eigenvalue weighted by molar-refractivity contribution is -0.128. The van der Waals surface area contributed by atoms with Crippen LogP contribution in [0.3, 0.4) is 0 Å². The monoisotopic (exact) mass is 364 g/mol. The van der Waals surface area contributed by atoms with E-state index in [2.05, 4.69) is 10.3 Å². The van der Waals surface area contributed by atoms with Crippen LogP contribution in [0.2, 0.25) is 0 Å². The molecule has 1 saturated carbocycles. The number of benzene rings is 1. The van der Waals surface area contributed by atoms with Crippen molar-refractivity contribution in [2.45, 2.75) is 36.1 Å². The number of nitrogens with zero attached hydrogens (tertiary/aromatic N) is 1. The Labute approximate surface area is 151 Å². The van der Waals surface area contributed by atoms with Crippen molar-refractivity contribution in [2.75, 3.05) is 5.32 Å². The highest BCUT2D eigenvalue weighted by molar-refractivity contribution is 6.51. The van der Waals surface area contributed by atoms with E-state index in [9.17, 15) is 4.79 Å². The number of amides is 1. The second-order valence-corrected chi connectivity index (χ2v) is 7.91. The Morgan fingerprint density at radius 1 is 1.25 bits per heavy atom. The average Bonchev–Trinajstić information content (AvgIpc) is 3.17. The number of ether oxygens (including phenoxy) is 1. The highest BCUT2D eigenvalue weighted by Gasteiger charge is 2.52. The van der Waals surface area contributed by atoms with Crippen molar-refractivity contribution in [2.24, 2.45) is 0 Å². The number of nitrogens with one attached hydrogen (secondary N) is 1. The Kier molecular flexibility index (Phi) is 4.45. The van der Waals surface area contributed by atoms with Crippen LogP contribution in [0.1, 0.15) is 31.7 Å². The van der Waals surface area contributed by atoms with Crippen molar-refractivity contribution in [3.05, 3.63) is 54.2 Å². The van der Waals surface area contributed by atoms with E-state index in [1.807, 2.05) is 24.3 Å². The van der Waals surface area contributed by atoms with E-state index < -0.39 is 9.93 Å². The molecule has 0 aliphatic heterocycles. The molecule has 6 heteroatoms. The molecule has 0 bridgehead atoms. The van der Waals surface area contributed by atoms with E-state index in [0.29, 0.717) is 11.6 Å². The maximum atomic E-state index is 12.4. The number of rotatable bonds is 5. The molecule has 2 aromatic rings. The maximum absolute atomic E-state index is 12.4. The van der Waals surface area contributed by atoms with Gasteiger partial charge in [-0.15, -0.1) is 23.2 Å². The van der Waals surface area contributed by atoms with Crippen LogP contribution in [0.25, 0.3) is 0 Å². The lowest BCUT2D eigenvalue weighted by Crippen LogP contribution is -2.42. The Hall–Kier alpha value is -1.78. The normalized spacial score (nSPS) is 18.8. The fourth-order valence-electron chi connectivity index (χ4n) is 2.39. The van der Waals surface area contributed by atoms with Crippen molar-refractivity contribution in [1.29, 1.82) is 0 Å². The standard InChI is InChI=1S/C18H18Cl2N2O2/c1-17(2,16(23)22-15-5-3-4-10-21-15)24-13-8-6-12(7-9-13)14-11-18(14,19)20/h3-10,14H,11H2,1-2H3,(H,21,22,23)/t14-/m1/s1. The average molecular weight is 365 g/mol. The number of halogens is 2. The molecule has 1 heterocycles. The summed E-state index contributed by atoms with van der Waals surface area (Å²) < 4.78 is 5.19. The fraction of sp³-hybridized carbons (Fsp3) is 0.333. The number of hydrogen-bond acceptors (Lipinski definition) is 3. The van der Waals surface area contributed by atoms with E-state index in [4.69, 9.17) is 27.9 Å². The Balaban J connectivity index is 1.64. The number of carbonyl (C=O) groups is 1. The molecule has 126 valence electrons. The van der Waals surface area contributed by atoms with E-state index in [0.717, 1.165) is 12.0 Å². The summed E-state index contributed by atoms with van der Waals surface area (Å²) in [6.07, 6.45) is 2.38. The predicted octanol–water partition coefficient (Wildman–Crippen LogP) is 4.54. The number of alkyl halides is 2. The molecular weight excluding hydrogens is 347 g/mol. The topological polar surface area (TPSA) is 51.2 Å². The molecular formula is C18H18Cl2N2O2. The number of aromatic nitrogens is 1. The van der Waals surface area contributed by atoms with Gasteiger partial charge in [-0.25, -0.2) is 4.98 Å². The summed E-state index contributed by atoms with van der Waals surface area (Å²) >= 11 is 12.2. The third-order valence-electron chi connectivity index (χ3n) is 3.93. The van der Waals surface area contributed by atoms with Gasteiger partial charge in [0.05, 0.1) is 0 Å². The highest BCUT2D eigenvalue weighted by atomic mass is 35.5. The molecule has 1 fully saturated rings. The molecule has 1 aromatic heterocycles. The zero-order valence-electron chi connectivity index (χ0n) is 13.4. The van der Waals surface area contributed by atoms with Gasteiger partial charge in [0.1, 0.15) is 15.9 Å². The van der Waals surface area contributed by atoms with Gasteiger partial charge in [-0.3, -0.25) is 4.79 Å². The van der Waals surface area contributed by atoms with Crippen LogP contribution in [-0.2, 0) is 4.79 Å². The SMILES string of the molecule is CC(C)(Oc1ccc([C@H]2CC2(Cl)Cl)cc1)C(=O)Nc1ccccn1. The largest absolute Gasteiger partial charge is 0.478 e. The van der Waals surface area contributed by atoms with E-state index in [-0.39, 0.29) is 11.8 Å². The van der Waals surface area contributed by atoms with Gasteiger partial charge < -0.3 is 10.1 Å². The van der Waals surface area contributed by atoms with Crippen LogP contribution in [0, 0.1) is 0 Å². The van der Waals surface area contributed by atoms with Gasteiger partial charge in [-0.05, 0) is 50.1 Å². The van der Waals surface area contributed by atoms with Crippen molar-refractivity contribution in [3.63, 3.8) is 0 Å². The molecule has 0 spiro atoms. The second-order valence-electron chi connectivity index (χ2n) is 6.37. The number of carbonyl (C=O) groups excluding carboxylic acids is 1. The van der Waals surface area contributed by atoms with Gasteiger partial charge in [0.15, 0.2) is 5.60 Å². The van der Waals surface area contributed by atoms with Crippen molar-refractivity contribution >= 4 is 34.9 Å². The zero-order valence-corrected chi connectivity index (χ0v) is 14.9. The summed E-state index contributed by atoms with van der Waals surface area (Å²) in [5.74, 6) is 0.988. The Bertz CT molecular complexity index is 730. The lowest BCUT2D eigenvalue weighted by Gasteiger charge is -2.25. The number of pyridine rings is 1. The molecule has 3 rings (SSSR count). The first-order chi connectivity index (χ1) is 11.3. The van der Waals surface area contributed by atoms with E-state index in [1.54, 1.807) is 38.2 Å². The number of anilines is 1. The quantitative estimate of drug-likeness (QED) is 0.792. The zero-order chi connectivity index (χ0) is 17.4. The molecule has 0 saturated heterocycles. The minimum absolute atomic E-state index is 0.162. The minimum atomic E-state index is -1.04. The molecule has 1 N–H and O–H groups in total.